The fourth-order valence-corrected chi connectivity index (χ4v) is 13.7. The lowest BCUT2D eigenvalue weighted by atomic mass is 9.93. The first-order valence-corrected chi connectivity index (χ1v) is 26.6. The lowest BCUT2D eigenvalue weighted by Crippen LogP contribution is -2.59. The number of rotatable bonds is 15. The Hall–Kier alpha value is -4.93. The van der Waals surface area contributed by atoms with Crippen LogP contribution in [0.5, 0.6) is 5.75 Å². The number of pyridine rings is 1. The minimum absolute atomic E-state index is 0.00371. The van der Waals surface area contributed by atoms with Crippen LogP contribution >= 0.6 is 18.9 Å². The lowest BCUT2D eigenvalue weighted by Gasteiger charge is -2.42. The maximum Gasteiger partial charge on any atom is 0.355 e. The Bertz CT molecular complexity index is 2540. The number of ether oxygens (including phenoxy) is 2. The van der Waals surface area contributed by atoms with E-state index >= 15 is 9.18 Å². The van der Waals surface area contributed by atoms with Crippen molar-refractivity contribution in [3.8, 4) is 5.75 Å². The summed E-state index contributed by atoms with van der Waals surface area (Å²) in [7, 11) is -0.429. The summed E-state index contributed by atoms with van der Waals surface area (Å²) in [4.78, 5) is 70.3. The Labute approximate surface area is 401 Å². The monoisotopic (exact) mass is 971 g/mol. The lowest BCUT2D eigenvalue weighted by molar-refractivity contribution is -0.148. The number of nitrogens with one attached hydrogen (secondary N) is 2. The zero-order valence-corrected chi connectivity index (χ0v) is 41.0. The van der Waals surface area contributed by atoms with Gasteiger partial charge in [-0.15, -0.1) is 11.3 Å². The van der Waals surface area contributed by atoms with Gasteiger partial charge in [0.05, 0.1) is 24.7 Å². The van der Waals surface area contributed by atoms with Gasteiger partial charge in [0.2, 0.25) is 17.7 Å². The van der Waals surface area contributed by atoms with Gasteiger partial charge in [-0.2, -0.15) is 0 Å². The molecule has 6 heterocycles. The number of nitrogens with zero attached hydrogens (tertiary/aromatic N) is 5. The van der Waals surface area contributed by atoms with Crippen molar-refractivity contribution in [2.45, 2.75) is 119 Å². The first-order chi connectivity index (χ1) is 32.8. The highest BCUT2D eigenvalue weighted by molar-refractivity contribution is 7.57. The van der Waals surface area contributed by atoms with E-state index in [4.69, 9.17) is 14.0 Å². The number of aromatic nitrogens is 1. The Morgan fingerprint density at radius 2 is 1.79 bits per heavy atom. The molecule has 1 spiro atoms. The maximum absolute atomic E-state index is 16.7. The Morgan fingerprint density at radius 3 is 2.53 bits per heavy atom. The molecule has 1 aliphatic carbocycles. The van der Waals surface area contributed by atoms with Gasteiger partial charge < -0.3 is 34.0 Å². The highest BCUT2D eigenvalue weighted by Crippen LogP contribution is 2.58. The summed E-state index contributed by atoms with van der Waals surface area (Å²) in [5, 5.41) is 6.25. The number of hydrogen-bond acceptors (Lipinski definition) is 12. The number of anilines is 1. The summed E-state index contributed by atoms with van der Waals surface area (Å²) < 4.78 is 48.6. The summed E-state index contributed by atoms with van der Waals surface area (Å²) in [6.45, 7) is 6.85. The van der Waals surface area contributed by atoms with Gasteiger partial charge in [0.25, 0.3) is 5.91 Å². The number of likely N-dealkylation sites (tertiary alicyclic amines) is 1. The molecule has 0 radical (unpaired) electrons. The predicted octanol–water partition coefficient (Wildman–Crippen LogP) is 7.43. The zero-order valence-electron chi connectivity index (χ0n) is 39.3. The van der Waals surface area contributed by atoms with Gasteiger partial charge in [-0.1, -0.05) is 31.2 Å². The normalized spacial score (nSPS) is 25.5. The molecule has 15 nitrogen and oxygen atoms in total. The van der Waals surface area contributed by atoms with E-state index in [2.05, 4.69) is 30.1 Å². The van der Waals surface area contributed by atoms with Crippen LogP contribution in [0.15, 0.2) is 73.1 Å². The minimum atomic E-state index is -4.47. The van der Waals surface area contributed by atoms with E-state index in [0.717, 1.165) is 50.0 Å². The molecular weight excluding hydrogens is 909 g/mol. The molecular formula is C50H63FN7O8PS. The highest BCUT2D eigenvalue weighted by atomic mass is 32.1. The van der Waals surface area contributed by atoms with Gasteiger partial charge in [0.1, 0.15) is 23.9 Å². The topological polar surface area (TPSA) is 163 Å². The highest BCUT2D eigenvalue weighted by Gasteiger charge is 2.59. The number of carbonyl (C=O) groups excluding carboxylic acids is 4. The number of halogens is 1. The molecule has 68 heavy (non-hydrogen) atoms. The summed E-state index contributed by atoms with van der Waals surface area (Å²) >= 11 is 1.20. The molecule has 2 aromatic carbocycles. The molecule has 0 unspecified atom stereocenters. The second-order valence-electron chi connectivity index (χ2n) is 19.3. The number of para-hydroxylation sites is 1. The van der Waals surface area contributed by atoms with Gasteiger partial charge in [-0.05, 0) is 118 Å². The first-order valence-electron chi connectivity index (χ1n) is 24.1. The number of esters is 1. The first kappa shape index (κ1) is 48.1. The number of hydrogen-bond donors (Lipinski definition) is 2. The van der Waals surface area contributed by atoms with Crippen molar-refractivity contribution >= 4 is 58.3 Å². The standard InChI is InChI=1S/C50H63FN7O8PS/c1-5-23-65-49(62)32(2)54-67(63,66-38-9-7-6-8-10-38)45(51)33-11-16-43-34(26-33)27-44(68-43)46(59)53-40-14-12-36(56-21-24-64-25-22-56)28-37-13-15-42(58(37)47(40)60)48(61)57-31-35(29-50(57)18-19-50)39-30-52-20-17-41(39)55(3)4/h6-11,16-17,20,26-27,30,32,35-37,40,42,45H,5,12-15,18-19,21-25,28-29,31H2,1-4H3,(H,53,59)(H,54,63)/t32-,35-,36-,37+,40-,42-,45+,67+/m0/s1. The molecule has 5 aliphatic rings. The van der Waals surface area contributed by atoms with Crippen LogP contribution in [0.25, 0.3) is 10.1 Å². The van der Waals surface area contributed by atoms with Gasteiger partial charge in [-0.25, -0.2) is 9.48 Å². The van der Waals surface area contributed by atoms with Gasteiger partial charge in [-0.3, -0.25) is 33.6 Å². The van der Waals surface area contributed by atoms with E-state index in [-0.39, 0.29) is 53.3 Å². The second kappa shape index (κ2) is 20.2. The van der Waals surface area contributed by atoms with Crippen molar-refractivity contribution in [2.24, 2.45) is 0 Å². The van der Waals surface area contributed by atoms with Gasteiger partial charge >= 0.3 is 13.5 Å². The van der Waals surface area contributed by atoms with E-state index < -0.39 is 43.4 Å². The average molecular weight is 972 g/mol. The fraction of sp³-hybridized carbons (Fsp3) is 0.540. The molecule has 0 bridgehead atoms. The van der Waals surface area contributed by atoms with Crippen LogP contribution in [-0.2, 0) is 28.4 Å². The molecule has 18 heteroatoms. The minimum Gasteiger partial charge on any atom is -0.465 e. The molecule has 364 valence electrons. The third-order valence-corrected chi connectivity index (χ3v) is 17.7. The molecule has 8 atom stereocenters. The third-order valence-electron chi connectivity index (χ3n) is 14.5. The fourth-order valence-electron chi connectivity index (χ4n) is 10.9. The van der Waals surface area contributed by atoms with Crippen molar-refractivity contribution in [3.63, 3.8) is 0 Å². The third kappa shape index (κ3) is 9.92. The molecule has 3 amide bonds. The Kier molecular flexibility index (Phi) is 14.3. The number of thiophene rings is 1. The van der Waals surface area contributed by atoms with Crippen molar-refractivity contribution in [2.75, 3.05) is 58.5 Å². The molecule has 4 saturated heterocycles. The predicted molar refractivity (Wildman–Crippen MR) is 259 cm³/mol. The van der Waals surface area contributed by atoms with Crippen LogP contribution in [0.3, 0.4) is 0 Å². The molecule has 4 aliphatic heterocycles. The van der Waals surface area contributed by atoms with Crippen LogP contribution in [0, 0.1) is 0 Å². The molecule has 2 N–H and O–H groups in total. The number of morpholine rings is 1. The van der Waals surface area contributed by atoms with Crippen LogP contribution in [0.2, 0.25) is 0 Å². The van der Waals surface area contributed by atoms with Crippen molar-refractivity contribution < 1.29 is 42.1 Å². The second-order valence-corrected chi connectivity index (χ2v) is 22.5. The quantitative estimate of drug-likeness (QED) is 0.0897. The molecule has 1 saturated carbocycles. The van der Waals surface area contributed by atoms with E-state index in [0.29, 0.717) is 66.8 Å². The van der Waals surface area contributed by atoms with E-state index in [1.165, 1.54) is 30.4 Å². The number of fused-ring (bicyclic) bond motifs is 2. The van der Waals surface area contributed by atoms with Crippen LogP contribution < -0.4 is 19.8 Å². The molecule has 4 aromatic rings. The van der Waals surface area contributed by atoms with Crippen molar-refractivity contribution in [1.82, 2.24) is 30.1 Å². The maximum atomic E-state index is 16.7. The van der Waals surface area contributed by atoms with Crippen molar-refractivity contribution in [1.29, 1.82) is 0 Å². The molecule has 5 fully saturated rings. The summed E-state index contributed by atoms with van der Waals surface area (Å²) in [6.07, 6.45) is 10.2. The van der Waals surface area contributed by atoms with Crippen LogP contribution in [-0.4, -0.2) is 133 Å². The number of amides is 3. The smallest absolute Gasteiger partial charge is 0.355 e. The molecule has 9 rings (SSSR count). The Balaban J connectivity index is 0.953. The zero-order chi connectivity index (χ0) is 47.7. The van der Waals surface area contributed by atoms with Crippen LogP contribution in [0.1, 0.15) is 104 Å². The largest absolute Gasteiger partial charge is 0.465 e. The summed E-state index contributed by atoms with van der Waals surface area (Å²) in [6, 6.07) is 13.9. The summed E-state index contributed by atoms with van der Waals surface area (Å²) in [5.74, 6) is -3.29. The van der Waals surface area contributed by atoms with Crippen LogP contribution in [0.4, 0.5) is 10.1 Å². The number of alkyl halides is 1. The van der Waals surface area contributed by atoms with Crippen molar-refractivity contribution in [3.05, 3.63) is 89.1 Å². The van der Waals surface area contributed by atoms with E-state index in [1.807, 2.05) is 38.2 Å². The van der Waals surface area contributed by atoms with E-state index in [1.54, 1.807) is 48.7 Å². The number of carbonyl (C=O) groups is 4. The van der Waals surface area contributed by atoms with Gasteiger partial charge in [0, 0.05) is 80.1 Å². The average Bonchev–Trinajstić information content (AvgIpc) is 3.61. The Morgan fingerprint density at radius 1 is 1.03 bits per heavy atom. The summed E-state index contributed by atoms with van der Waals surface area (Å²) in [5.41, 5.74) is 2.03. The molecule has 2 aromatic heterocycles. The van der Waals surface area contributed by atoms with E-state index in [9.17, 15) is 18.9 Å². The SMILES string of the molecule is CCCOC(=O)[C@H](C)N[P@](=O)(Oc1ccccc1)[C@@H](F)c1ccc2sc(C(=O)N[C@H]3CC[C@H](N4CCOCC4)C[C@H]4CC[C@@H](C(=O)N5C[C@@H](c6cnccc6N(C)C)CC56CC6)N4C3=O)cc2c1. The van der Waals surface area contributed by atoms with Gasteiger partial charge in [0.15, 0.2) is 0 Å². The number of benzene rings is 2.